The van der Waals surface area contributed by atoms with Crippen LogP contribution in [-0.2, 0) is 0 Å². The van der Waals surface area contributed by atoms with Crippen molar-refractivity contribution in [2.45, 2.75) is 6.92 Å². The Labute approximate surface area is 151 Å². The van der Waals surface area contributed by atoms with Gasteiger partial charge in [0.1, 0.15) is 5.75 Å². The minimum absolute atomic E-state index is 0.0167. The molecule has 1 aromatic carbocycles. The molecular weight excluding hydrogens is 332 g/mol. The van der Waals surface area contributed by atoms with E-state index in [1.807, 2.05) is 41.0 Å². The van der Waals surface area contributed by atoms with Gasteiger partial charge in [-0.2, -0.15) is 4.98 Å². The molecule has 3 aromatic rings. The van der Waals surface area contributed by atoms with Crippen LogP contribution in [0.4, 0.5) is 6.01 Å². The molecule has 3 heterocycles. The van der Waals surface area contributed by atoms with Gasteiger partial charge in [-0.1, -0.05) is 12.1 Å². The molecule has 2 aromatic heterocycles. The molecule has 1 aliphatic heterocycles. The molecule has 4 rings (SSSR count). The second kappa shape index (κ2) is 6.67. The van der Waals surface area contributed by atoms with E-state index in [-0.39, 0.29) is 5.91 Å². The van der Waals surface area contributed by atoms with Crippen molar-refractivity contribution in [2.75, 3.05) is 38.2 Å². The number of fused-ring (bicyclic) bond motifs is 1. The fourth-order valence-corrected chi connectivity index (χ4v) is 3.13. The first-order valence-electron chi connectivity index (χ1n) is 8.57. The third kappa shape index (κ3) is 2.96. The smallest absolute Gasteiger partial charge is 0.300 e. The Hall–Kier alpha value is -3.09. The van der Waals surface area contributed by atoms with Gasteiger partial charge in [-0.3, -0.25) is 4.79 Å². The molecular formula is C19H20N4O3. The molecule has 0 saturated carbocycles. The van der Waals surface area contributed by atoms with Crippen molar-refractivity contribution < 1.29 is 13.9 Å². The first-order valence-corrected chi connectivity index (χ1v) is 8.57. The monoisotopic (exact) mass is 352 g/mol. The van der Waals surface area contributed by atoms with Gasteiger partial charge < -0.3 is 19.0 Å². The van der Waals surface area contributed by atoms with E-state index >= 15 is 0 Å². The summed E-state index contributed by atoms with van der Waals surface area (Å²) in [6.07, 6.45) is 0. The maximum atomic E-state index is 12.8. The molecule has 0 unspecified atom stereocenters. The molecule has 134 valence electrons. The van der Waals surface area contributed by atoms with Crippen molar-refractivity contribution in [2.24, 2.45) is 0 Å². The standard InChI is InChI=1S/C19H20N4O3/c1-13-7-8-16-17(20-13)21-19(26-16)23-11-9-22(10-12-23)18(24)14-5-3-4-6-15(14)25-2/h3-8H,9-12H2,1-2H3. The molecule has 1 aliphatic rings. The minimum atomic E-state index is -0.0167. The van der Waals surface area contributed by atoms with Crippen LogP contribution in [0, 0.1) is 6.92 Å². The number of anilines is 1. The van der Waals surface area contributed by atoms with Gasteiger partial charge in [0.15, 0.2) is 5.58 Å². The maximum Gasteiger partial charge on any atom is 0.300 e. The predicted molar refractivity (Wildman–Crippen MR) is 97.7 cm³/mol. The van der Waals surface area contributed by atoms with Gasteiger partial charge in [0.25, 0.3) is 11.9 Å². The van der Waals surface area contributed by atoms with Gasteiger partial charge in [-0.15, -0.1) is 0 Å². The molecule has 1 fully saturated rings. The summed E-state index contributed by atoms with van der Waals surface area (Å²) in [5.74, 6) is 0.581. The van der Waals surface area contributed by atoms with Crippen LogP contribution in [0.15, 0.2) is 40.8 Å². The number of benzene rings is 1. The zero-order valence-corrected chi connectivity index (χ0v) is 14.8. The Morgan fingerprint density at radius 1 is 1.08 bits per heavy atom. The summed E-state index contributed by atoms with van der Waals surface area (Å²) in [5.41, 5.74) is 2.79. The van der Waals surface area contributed by atoms with Crippen LogP contribution in [0.5, 0.6) is 5.75 Å². The van der Waals surface area contributed by atoms with E-state index in [4.69, 9.17) is 9.15 Å². The van der Waals surface area contributed by atoms with Crippen LogP contribution >= 0.6 is 0 Å². The lowest BCUT2D eigenvalue weighted by Crippen LogP contribution is -2.49. The summed E-state index contributed by atoms with van der Waals surface area (Å²) in [4.78, 5) is 25.5. The van der Waals surface area contributed by atoms with E-state index in [0.717, 1.165) is 5.69 Å². The molecule has 1 saturated heterocycles. The van der Waals surface area contributed by atoms with Gasteiger partial charge in [0, 0.05) is 31.9 Å². The van der Waals surface area contributed by atoms with Crippen LogP contribution in [0.25, 0.3) is 11.2 Å². The summed E-state index contributed by atoms with van der Waals surface area (Å²) < 4.78 is 11.1. The number of oxazole rings is 1. The maximum absolute atomic E-state index is 12.8. The summed E-state index contributed by atoms with van der Waals surface area (Å²) in [7, 11) is 1.58. The molecule has 0 bridgehead atoms. The SMILES string of the molecule is COc1ccccc1C(=O)N1CCN(c2nc3nc(C)ccc3o2)CC1. The van der Waals surface area contributed by atoms with Gasteiger partial charge in [0.05, 0.1) is 12.7 Å². The quantitative estimate of drug-likeness (QED) is 0.721. The number of amides is 1. The average molecular weight is 352 g/mol. The number of carbonyl (C=O) groups excluding carboxylic acids is 1. The number of carbonyl (C=O) groups is 1. The fraction of sp³-hybridized carbons (Fsp3) is 0.316. The van der Waals surface area contributed by atoms with E-state index in [0.29, 0.717) is 54.7 Å². The molecule has 0 radical (unpaired) electrons. The highest BCUT2D eigenvalue weighted by Crippen LogP contribution is 2.24. The largest absolute Gasteiger partial charge is 0.496 e. The lowest BCUT2D eigenvalue weighted by Gasteiger charge is -2.34. The van der Waals surface area contributed by atoms with Crippen LogP contribution < -0.4 is 9.64 Å². The molecule has 7 heteroatoms. The molecule has 0 aliphatic carbocycles. The normalized spacial score (nSPS) is 14.7. The van der Waals surface area contributed by atoms with E-state index in [1.54, 1.807) is 19.2 Å². The second-order valence-corrected chi connectivity index (χ2v) is 6.25. The summed E-state index contributed by atoms with van der Waals surface area (Å²) in [6.45, 7) is 4.44. The van der Waals surface area contributed by atoms with Crippen molar-refractivity contribution in [3.8, 4) is 5.75 Å². The number of aromatic nitrogens is 2. The van der Waals surface area contributed by atoms with Gasteiger partial charge in [-0.05, 0) is 31.2 Å². The molecule has 0 N–H and O–H groups in total. The lowest BCUT2D eigenvalue weighted by atomic mass is 10.1. The second-order valence-electron chi connectivity index (χ2n) is 6.25. The Kier molecular flexibility index (Phi) is 4.20. The number of nitrogens with zero attached hydrogens (tertiary/aromatic N) is 4. The molecule has 0 atom stereocenters. The number of hydrogen-bond donors (Lipinski definition) is 0. The highest BCUT2D eigenvalue weighted by Gasteiger charge is 2.26. The van der Waals surface area contributed by atoms with E-state index in [9.17, 15) is 4.79 Å². The summed E-state index contributed by atoms with van der Waals surface area (Å²) >= 11 is 0. The number of ether oxygens (including phenoxy) is 1. The first kappa shape index (κ1) is 16.4. The van der Waals surface area contributed by atoms with Crippen LogP contribution in [0.1, 0.15) is 16.1 Å². The van der Waals surface area contributed by atoms with Crippen LogP contribution in [0.2, 0.25) is 0 Å². The highest BCUT2D eigenvalue weighted by molar-refractivity contribution is 5.97. The number of pyridine rings is 1. The highest BCUT2D eigenvalue weighted by atomic mass is 16.5. The zero-order valence-electron chi connectivity index (χ0n) is 14.8. The zero-order chi connectivity index (χ0) is 18.1. The summed E-state index contributed by atoms with van der Waals surface area (Å²) in [6, 6.07) is 11.6. The van der Waals surface area contributed by atoms with E-state index in [2.05, 4.69) is 9.97 Å². The Balaban J connectivity index is 1.47. The average Bonchev–Trinajstić information content (AvgIpc) is 3.10. The van der Waals surface area contributed by atoms with Crippen molar-refractivity contribution in [1.29, 1.82) is 0 Å². The molecule has 26 heavy (non-hydrogen) atoms. The number of aryl methyl sites for hydroxylation is 1. The van der Waals surface area contributed by atoms with Gasteiger partial charge in [0.2, 0.25) is 5.65 Å². The Bertz CT molecular complexity index is 945. The predicted octanol–water partition coefficient (Wildman–Crippen LogP) is 2.50. The fourth-order valence-electron chi connectivity index (χ4n) is 3.13. The van der Waals surface area contributed by atoms with Crippen molar-refractivity contribution >= 4 is 23.2 Å². The van der Waals surface area contributed by atoms with Crippen molar-refractivity contribution in [3.05, 3.63) is 47.7 Å². The first-order chi connectivity index (χ1) is 12.7. The van der Waals surface area contributed by atoms with Crippen molar-refractivity contribution in [3.63, 3.8) is 0 Å². The lowest BCUT2D eigenvalue weighted by molar-refractivity contribution is 0.0741. The number of rotatable bonds is 3. The third-order valence-corrected chi connectivity index (χ3v) is 4.56. The topological polar surface area (TPSA) is 71.7 Å². The summed E-state index contributed by atoms with van der Waals surface area (Å²) in [5, 5.41) is 0. The molecule has 7 nitrogen and oxygen atoms in total. The van der Waals surface area contributed by atoms with E-state index < -0.39 is 0 Å². The van der Waals surface area contributed by atoms with Gasteiger partial charge >= 0.3 is 0 Å². The third-order valence-electron chi connectivity index (χ3n) is 4.56. The Morgan fingerprint density at radius 3 is 2.62 bits per heavy atom. The number of piperazine rings is 1. The van der Waals surface area contributed by atoms with Crippen molar-refractivity contribution in [1.82, 2.24) is 14.9 Å². The minimum Gasteiger partial charge on any atom is -0.496 e. The van der Waals surface area contributed by atoms with Crippen LogP contribution in [-0.4, -0.2) is 54.1 Å². The number of methoxy groups -OCH3 is 1. The Morgan fingerprint density at radius 2 is 1.85 bits per heavy atom. The number of para-hydroxylation sites is 1. The van der Waals surface area contributed by atoms with Gasteiger partial charge in [-0.25, -0.2) is 4.98 Å². The van der Waals surface area contributed by atoms with Crippen LogP contribution in [0.3, 0.4) is 0 Å². The van der Waals surface area contributed by atoms with E-state index in [1.165, 1.54) is 0 Å². The molecule has 0 spiro atoms. The number of hydrogen-bond acceptors (Lipinski definition) is 6. The molecule has 1 amide bonds.